The molecule has 0 aromatic heterocycles. The first-order valence-corrected chi connectivity index (χ1v) is 7.88. The molecule has 3 amide bonds. The van der Waals surface area contributed by atoms with Crippen LogP contribution in [0.2, 0.25) is 0 Å². The van der Waals surface area contributed by atoms with E-state index in [1.54, 1.807) is 0 Å². The molecule has 0 aromatic carbocycles. The van der Waals surface area contributed by atoms with Crippen LogP contribution in [0, 0.1) is 0 Å². The third kappa shape index (κ3) is 10.3. The fourth-order valence-corrected chi connectivity index (χ4v) is 1.94. The number of nitrogens with one attached hydrogen (secondary N) is 2. The van der Waals surface area contributed by atoms with E-state index in [1.807, 2.05) is 0 Å². The Bertz CT molecular complexity index is 425. The van der Waals surface area contributed by atoms with Crippen LogP contribution < -0.4 is 16.4 Å². The van der Waals surface area contributed by atoms with Gasteiger partial charge in [-0.1, -0.05) is 26.2 Å². The van der Waals surface area contributed by atoms with Gasteiger partial charge < -0.3 is 21.5 Å². The monoisotopic (exact) mass is 329 g/mol. The average Bonchev–Trinajstić information content (AvgIpc) is 2.47. The molecule has 0 fully saturated rings. The standard InChI is InChI=1S/C15H27N3O5/c1-3-4-5-6-7-12(19)17-10(2)15(23)18-11(14(16)22)8-9-13(20)21/h10-11H,3-9H2,1-2H3,(H2,16,22)(H,17,19)(H,18,23)(H,20,21)/t10-,11+/m0/s1. The maximum Gasteiger partial charge on any atom is 0.303 e. The van der Waals surface area contributed by atoms with Gasteiger partial charge in [0.05, 0.1) is 0 Å². The van der Waals surface area contributed by atoms with Crippen molar-refractivity contribution in [2.75, 3.05) is 0 Å². The number of amides is 3. The van der Waals surface area contributed by atoms with E-state index in [9.17, 15) is 19.2 Å². The molecule has 0 aromatic rings. The van der Waals surface area contributed by atoms with Gasteiger partial charge in [0.1, 0.15) is 12.1 Å². The highest BCUT2D eigenvalue weighted by atomic mass is 16.4. The van der Waals surface area contributed by atoms with E-state index in [-0.39, 0.29) is 18.7 Å². The second-order valence-electron chi connectivity index (χ2n) is 5.50. The lowest BCUT2D eigenvalue weighted by atomic mass is 10.1. The van der Waals surface area contributed by atoms with Crippen molar-refractivity contribution in [3.05, 3.63) is 0 Å². The van der Waals surface area contributed by atoms with Crippen LogP contribution in [0.4, 0.5) is 0 Å². The van der Waals surface area contributed by atoms with Crippen molar-refractivity contribution in [1.82, 2.24) is 10.6 Å². The fraction of sp³-hybridized carbons (Fsp3) is 0.733. The molecule has 0 aliphatic rings. The first kappa shape index (κ1) is 20.9. The summed E-state index contributed by atoms with van der Waals surface area (Å²) in [5.41, 5.74) is 5.13. The topological polar surface area (TPSA) is 139 Å². The predicted molar refractivity (Wildman–Crippen MR) is 84.4 cm³/mol. The van der Waals surface area contributed by atoms with E-state index in [0.717, 1.165) is 25.7 Å². The maximum absolute atomic E-state index is 11.9. The first-order chi connectivity index (χ1) is 10.8. The van der Waals surface area contributed by atoms with Crippen molar-refractivity contribution in [2.45, 2.75) is 70.9 Å². The number of carboxylic acids is 1. The Morgan fingerprint density at radius 3 is 2.22 bits per heavy atom. The molecule has 0 saturated carbocycles. The number of rotatable bonds is 12. The maximum atomic E-state index is 11.9. The summed E-state index contributed by atoms with van der Waals surface area (Å²) in [6.07, 6.45) is 3.83. The summed E-state index contributed by atoms with van der Waals surface area (Å²) < 4.78 is 0. The number of unbranched alkanes of at least 4 members (excludes halogenated alkanes) is 3. The van der Waals surface area contributed by atoms with Crippen molar-refractivity contribution < 1.29 is 24.3 Å². The van der Waals surface area contributed by atoms with Crippen LogP contribution in [0.5, 0.6) is 0 Å². The highest BCUT2D eigenvalue weighted by molar-refractivity contribution is 5.91. The number of hydrogen-bond acceptors (Lipinski definition) is 4. The highest BCUT2D eigenvalue weighted by Gasteiger charge is 2.23. The number of carbonyl (C=O) groups excluding carboxylic acids is 3. The van der Waals surface area contributed by atoms with E-state index < -0.39 is 29.9 Å². The molecule has 0 spiro atoms. The molecule has 0 rings (SSSR count). The number of primary amides is 1. The predicted octanol–water partition coefficient (Wildman–Crippen LogP) is 0.296. The summed E-state index contributed by atoms with van der Waals surface area (Å²) in [5, 5.41) is 13.5. The van der Waals surface area contributed by atoms with Gasteiger partial charge in [-0.25, -0.2) is 0 Å². The van der Waals surface area contributed by atoms with Crippen molar-refractivity contribution in [3.8, 4) is 0 Å². The zero-order chi connectivity index (χ0) is 17.8. The van der Waals surface area contributed by atoms with Crippen molar-refractivity contribution in [1.29, 1.82) is 0 Å². The van der Waals surface area contributed by atoms with Gasteiger partial charge in [-0.15, -0.1) is 0 Å². The number of hydrogen-bond donors (Lipinski definition) is 4. The van der Waals surface area contributed by atoms with Crippen molar-refractivity contribution >= 4 is 23.7 Å². The fourth-order valence-electron chi connectivity index (χ4n) is 1.94. The van der Waals surface area contributed by atoms with Crippen LogP contribution in [-0.2, 0) is 19.2 Å². The minimum Gasteiger partial charge on any atom is -0.481 e. The van der Waals surface area contributed by atoms with E-state index >= 15 is 0 Å². The minimum absolute atomic E-state index is 0.0892. The average molecular weight is 329 g/mol. The van der Waals surface area contributed by atoms with E-state index in [1.165, 1.54) is 6.92 Å². The SMILES string of the molecule is CCCCCCC(=O)N[C@@H](C)C(=O)N[C@H](CCC(=O)O)C(N)=O. The Labute approximate surface area is 136 Å². The zero-order valence-electron chi connectivity index (χ0n) is 13.8. The molecular formula is C15H27N3O5. The lowest BCUT2D eigenvalue weighted by Crippen LogP contribution is -2.51. The lowest BCUT2D eigenvalue weighted by molar-refractivity contribution is -0.137. The molecule has 8 heteroatoms. The first-order valence-electron chi connectivity index (χ1n) is 7.88. The van der Waals surface area contributed by atoms with Gasteiger partial charge in [0.15, 0.2) is 0 Å². The molecule has 0 unspecified atom stereocenters. The molecule has 23 heavy (non-hydrogen) atoms. The van der Waals surface area contributed by atoms with Crippen LogP contribution in [0.1, 0.15) is 58.8 Å². The smallest absolute Gasteiger partial charge is 0.303 e. The third-order valence-electron chi connectivity index (χ3n) is 3.33. The molecule has 2 atom stereocenters. The Hall–Kier alpha value is -2.12. The Morgan fingerprint density at radius 1 is 1.04 bits per heavy atom. The van der Waals surface area contributed by atoms with Gasteiger partial charge in [0.2, 0.25) is 17.7 Å². The summed E-state index contributed by atoms with van der Waals surface area (Å²) in [4.78, 5) is 45.4. The van der Waals surface area contributed by atoms with Gasteiger partial charge in [0.25, 0.3) is 0 Å². The Balaban J connectivity index is 4.26. The molecule has 0 aliphatic heterocycles. The summed E-state index contributed by atoms with van der Waals surface area (Å²) in [6.45, 7) is 3.57. The summed E-state index contributed by atoms with van der Waals surface area (Å²) in [6, 6.07) is -1.89. The molecule has 0 heterocycles. The van der Waals surface area contributed by atoms with Gasteiger partial charge in [0, 0.05) is 12.8 Å². The highest BCUT2D eigenvalue weighted by Crippen LogP contribution is 2.03. The quantitative estimate of drug-likeness (QED) is 0.381. The van der Waals surface area contributed by atoms with Gasteiger partial charge >= 0.3 is 5.97 Å². The van der Waals surface area contributed by atoms with E-state index in [0.29, 0.717) is 6.42 Å². The lowest BCUT2D eigenvalue weighted by Gasteiger charge is -2.19. The second kappa shape index (κ2) is 11.4. The van der Waals surface area contributed by atoms with Gasteiger partial charge in [-0.2, -0.15) is 0 Å². The second-order valence-corrected chi connectivity index (χ2v) is 5.50. The number of nitrogens with two attached hydrogens (primary N) is 1. The summed E-state index contributed by atoms with van der Waals surface area (Å²) in [7, 11) is 0. The summed E-state index contributed by atoms with van der Waals surface area (Å²) >= 11 is 0. The Morgan fingerprint density at radius 2 is 1.70 bits per heavy atom. The third-order valence-corrected chi connectivity index (χ3v) is 3.33. The number of aliphatic carboxylic acids is 1. The van der Waals surface area contributed by atoms with E-state index in [2.05, 4.69) is 17.6 Å². The van der Waals surface area contributed by atoms with Crippen molar-refractivity contribution in [2.24, 2.45) is 5.73 Å². The molecule has 0 bridgehead atoms. The molecule has 0 saturated heterocycles. The van der Waals surface area contributed by atoms with Gasteiger partial charge in [-0.05, 0) is 19.8 Å². The van der Waals surface area contributed by atoms with Gasteiger partial charge in [-0.3, -0.25) is 19.2 Å². The molecule has 5 N–H and O–H groups in total. The van der Waals surface area contributed by atoms with Crippen LogP contribution in [0.25, 0.3) is 0 Å². The van der Waals surface area contributed by atoms with Crippen LogP contribution in [-0.4, -0.2) is 40.9 Å². The van der Waals surface area contributed by atoms with Crippen LogP contribution in [0.15, 0.2) is 0 Å². The largest absolute Gasteiger partial charge is 0.481 e. The number of carbonyl (C=O) groups is 4. The normalized spacial score (nSPS) is 13.0. The zero-order valence-corrected chi connectivity index (χ0v) is 13.8. The van der Waals surface area contributed by atoms with Crippen molar-refractivity contribution in [3.63, 3.8) is 0 Å². The Kier molecular flexibility index (Phi) is 10.4. The summed E-state index contributed by atoms with van der Waals surface area (Å²) in [5.74, 6) is -2.69. The van der Waals surface area contributed by atoms with Crippen LogP contribution >= 0.6 is 0 Å². The van der Waals surface area contributed by atoms with E-state index in [4.69, 9.17) is 10.8 Å². The number of carboxylic acid groups (broad SMARTS) is 1. The minimum atomic E-state index is -1.08. The van der Waals surface area contributed by atoms with Crippen LogP contribution in [0.3, 0.4) is 0 Å². The molecular weight excluding hydrogens is 302 g/mol. The molecule has 0 radical (unpaired) electrons. The molecule has 132 valence electrons. The molecule has 0 aliphatic carbocycles. The molecule has 8 nitrogen and oxygen atoms in total.